The summed E-state index contributed by atoms with van der Waals surface area (Å²) in [5.74, 6) is 1.33. The van der Waals surface area contributed by atoms with Crippen LogP contribution in [0.3, 0.4) is 0 Å². The number of benzene rings is 3. The number of carbonyl (C=O) groups is 1. The van der Waals surface area contributed by atoms with Gasteiger partial charge in [-0.1, -0.05) is 84.9 Å². The van der Waals surface area contributed by atoms with Gasteiger partial charge in [-0.05, 0) is 59.4 Å². The fourth-order valence-electron chi connectivity index (χ4n) is 5.18. The van der Waals surface area contributed by atoms with Crippen LogP contribution in [0.25, 0.3) is 11.3 Å². The number of allylic oxidation sites excluding steroid dienone is 1. The Morgan fingerprint density at radius 3 is 2.36 bits per heavy atom. The molecule has 6 nitrogen and oxygen atoms in total. The van der Waals surface area contributed by atoms with E-state index in [1.807, 2.05) is 30.3 Å². The summed E-state index contributed by atoms with van der Waals surface area (Å²) >= 11 is 0. The van der Waals surface area contributed by atoms with Crippen LogP contribution in [0.1, 0.15) is 51.3 Å². The highest BCUT2D eigenvalue weighted by Crippen LogP contribution is 2.35. The van der Waals surface area contributed by atoms with Crippen LogP contribution in [0.15, 0.2) is 115 Å². The molecule has 0 fully saturated rings. The minimum absolute atomic E-state index is 0.235. The quantitative estimate of drug-likeness (QED) is 0.266. The zero-order valence-corrected chi connectivity index (χ0v) is 21.6. The highest BCUT2D eigenvalue weighted by Gasteiger charge is 2.27. The van der Waals surface area contributed by atoms with Crippen molar-refractivity contribution >= 4 is 11.5 Å². The highest BCUT2D eigenvalue weighted by atomic mass is 16.2. The number of rotatable bonds is 9. The van der Waals surface area contributed by atoms with Crippen molar-refractivity contribution in [1.82, 2.24) is 25.1 Å². The third kappa shape index (κ3) is 5.41. The van der Waals surface area contributed by atoms with Gasteiger partial charge in [0, 0.05) is 24.7 Å². The summed E-state index contributed by atoms with van der Waals surface area (Å²) in [5.41, 5.74) is 6.32. The van der Waals surface area contributed by atoms with Crippen LogP contribution >= 0.6 is 0 Å². The number of fused-ring (bicyclic) bond motifs is 1. The maximum Gasteiger partial charge on any atom is 0.270 e. The molecular weight excluding hydrogens is 482 g/mol. The fourth-order valence-corrected chi connectivity index (χ4v) is 5.18. The number of pyridine rings is 1. The summed E-state index contributed by atoms with van der Waals surface area (Å²) in [5, 5.41) is 12.6. The number of hydrogen-bond donors (Lipinski definition) is 1. The first-order valence-electron chi connectivity index (χ1n) is 13.3. The summed E-state index contributed by atoms with van der Waals surface area (Å²) in [6.07, 6.45) is 6.94. The first kappa shape index (κ1) is 24.5. The average Bonchev–Trinajstić information content (AvgIpc) is 3.61. The number of carbonyl (C=O) groups excluding carboxylic acids is 1. The molecule has 2 aromatic heterocycles. The Balaban J connectivity index is 1.38. The van der Waals surface area contributed by atoms with E-state index in [9.17, 15) is 4.79 Å². The van der Waals surface area contributed by atoms with Crippen molar-refractivity contribution in [3.8, 4) is 5.69 Å². The molecule has 3 aromatic carbocycles. The molecule has 0 bridgehead atoms. The van der Waals surface area contributed by atoms with E-state index in [2.05, 4.69) is 86.7 Å². The first-order valence-corrected chi connectivity index (χ1v) is 13.3. The van der Waals surface area contributed by atoms with Gasteiger partial charge in [-0.2, -0.15) is 0 Å². The molecular formula is C33H29N5O. The van der Waals surface area contributed by atoms with E-state index in [1.54, 1.807) is 18.3 Å². The molecule has 0 saturated carbocycles. The largest absolute Gasteiger partial charge is 0.340 e. The Labute approximate surface area is 228 Å². The predicted molar refractivity (Wildman–Crippen MR) is 152 cm³/mol. The Kier molecular flexibility index (Phi) is 7.08. The topological polar surface area (TPSA) is 72.7 Å². The summed E-state index contributed by atoms with van der Waals surface area (Å²) in [6.45, 7) is 0. The lowest BCUT2D eigenvalue weighted by molar-refractivity contribution is 0.0930. The van der Waals surface area contributed by atoms with Gasteiger partial charge in [-0.3, -0.25) is 14.3 Å². The third-order valence-electron chi connectivity index (χ3n) is 7.12. The molecule has 0 radical (unpaired) electrons. The lowest BCUT2D eigenvalue weighted by atomic mass is 9.99. The molecule has 1 N–H and O–H groups in total. The summed E-state index contributed by atoms with van der Waals surface area (Å²) in [7, 11) is 0. The Hall–Kier alpha value is -4.84. The second-order valence-corrected chi connectivity index (χ2v) is 9.67. The zero-order chi connectivity index (χ0) is 26.4. The van der Waals surface area contributed by atoms with E-state index in [-0.39, 0.29) is 5.91 Å². The zero-order valence-electron chi connectivity index (χ0n) is 21.6. The molecule has 0 saturated heterocycles. The number of hydrogen-bond acceptors (Lipinski definition) is 4. The van der Waals surface area contributed by atoms with Crippen LogP contribution in [-0.4, -0.2) is 25.7 Å². The predicted octanol–water partition coefficient (Wildman–Crippen LogP) is 5.95. The summed E-state index contributed by atoms with van der Waals surface area (Å²) in [4.78, 5) is 17.6. The van der Waals surface area contributed by atoms with E-state index in [4.69, 9.17) is 5.10 Å². The van der Waals surface area contributed by atoms with Crippen molar-refractivity contribution in [2.45, 2.75) is 31.7 Å². The maximum absolute atomic E-state index is 13.4. The second kappa shape index (κ2) is 11.3. The minimum atomic E-state index is -0.407. The maximum atomic E-state index is 13.4. The van der Waals surface area contributed by atoms with Crippen molar-refractivity contribution < 1.29 is 4.79 Å². The van der Waals surface area contributed by atoms with Gasteiger partial charge in [0.15, 0.2) is 5.82 Å². The number of para-hydroxylation sites is 1. The van der Waals surface area contributed by atoms with E-state index in [0.29, 0.717) is 17.9 Å². The molecule has 39 heavy (non-hydrogen) atoms. The Bertz CT molecular complexity index is 1590. The molecule has 1 aliphatic carbocycles. The lowest BCUT2D eigenvalue weighted by Crippen LogP contribution is -2.31. The normalized spacial score (nSPS) is 13.0. The highest BCUT2D eigenvalue weighted by molar-refractivity contribution is 5.92. The van der Waals surface area contributed by atoms with Crippen molar-refractivity contribution in [1.29, 1.82) is 0 Å². The van der Waals surface area contributed by atoms with Crippen molar-refractivity contribution in [3.05, 3.63) is 149 Å². The van der Waals surface area contributed by atoms with Gasteiger partial charge < -0.3 is 5.32 Å². The smallest absolute Gasteiger partial charge is 0.270 e. The number of amides is 1. The molecule has 0 unspecified atom stereocenters. The van der Waals surface area contributed by atoms with E-state index < -0.39 is 6.04 Å². The van der Waals surface area contributed by atoms with Crippen LogP contribution < -0.4 is 5.32 Å². The van der Waals surface area contributed by atoms with Crippen LogP contribution in [-0.2, 0) is 19.3 Å². The molecule has 1 atom stereocenters. The van der Waals surface area contributed by atoms with Crippen molar-refractivity contribution in [3.63, 3.8) is 0 Å². The van der Waals surface area contributed by atoms with Gasteiger partial charge in [0.1, 0.15) is 11.5 Å². The standard InChI is InChI=1S/C33H29N5O/c39-33(29-17-9-10-22-34-29)35-30(23-26-20-19-25-13-7-8-16-28(25)26)32-37-36-31(21-18-24-11-3-1-4-12-24)38(32)27-14-5-2-6-15-27/h1-17,20,22,30H,18-19,21,23H2,(H,35,39)/t30-/m1/s1. The number of aryl methyl sites for hydroxylation is 2. The number of aromatic nitrogens is 4. The molecule has 5 aromatic rings. The van der Waals surface area contributed by atoms with Crippen molar-refractivity contribution in [2.24, 2.45) is 0 Å². The fraction of sp³-hybridized carbons (Fsp3) is 0.152. The van der Waals surface area contributed by atoms with Gasteiger partial charge in [-0.25, -0.2) is 0 Å². The summed E-state index contributed by atoms with van der Waals surface area (Å²) in [6, 6.07) is 33.9. The van der Waals surface area contributed by atoms with Crippen molar-refractivity contribution in [2.75, 3.05) is 0 Å². The summed E-state index contributed by atoms with van der Waals surface area (Å²) < 4.78 is 2.10. The average molecular weight is 512 g/mol. The Morgan fingerprint density at radius 1 is 0.821 bits per heavy atom. The molecule has 2 heterocycles. The SMILES string of the molecule is O=C(N[C@H](CC1=CCc2ccccc21)c1nnc(CCc2ccccc2)n1-c1ccccc1)c1ccccn1. The molecule has 6 heteroatoms. The minimum Gasteiger partial charge on any atom is -0.340 e. The van der Waals surface area contributed by atoms with Crippen LogP contribution in [0, 0.1) is 0 Å². The molecule has 0 spiro atoms. The number of nitrogens with one attached hydrogen (secondary N) is 1. The monoisotopic (exact) mass is 511 g/mol. The van der Waals surface area contributed by atoms with Gasteiger partial charge >= 0.3 is 0 Å². The van der Waals surface area contributed by atoms with Crippen LogP contribution in [0.5, 0.6) is 0 Å². The van der Waals surface area contributed by atoms with Gasteiger partial charge in [0.2, 0.25) is 0 Å². The van der Waals surface area contributed by atoms with Gasteiger partial charge in [0.05, 0.1) is 6.04 Å². The van der Waals surface area contributed by atoms with E-state index >= 15 is 0 Å². The van der Waals surface area contributed by atoms with E-state index in [0.717, 1.165) is 30.8 Å². The molecule has 1 amide bonds. The second-order valence-electron chi connectivity index (χ2n) is 9.67. The molecule has 0 aliphatic heterocycles. The van der Waals surface area contributed by atoms with Crippen LogP contribution in [0.2, 0.25) is 0 Å². The first-order chi connectivity index (χ1) is 19.3. The Morgan fingerprint density at radius 2 is 1.56 bits per heavy atom. The lowest BCUT2D eigenvalue weighted by Gasteiger charge is -2.21. The molecule has 1 aliphatic rings. The molecule has 6 rings (SSSR count). The van der Waals surface area contributed by atoms with Crippen LogP contribution in [0.4, 0.5) is 0 Å². The van der Waals surface area contributed by atoms with E-state index in [1.165, 1.54) is 22.3 Å². The third-order valence-corrected chi connectivity index (χ3v) is 7.12. The number of nitrogens with zero attached hydrogens (tertiary/aromatic N) is 4. The van der Waals surface area contributed by atoms with Gasteiger partial charge in [0.25, 0.3) is 5.91 Å². The molecule has 192 valence electrons. The van der Waals surface area contributed by atoms with Gasteiger partial charge in [-0.15, -0.1) is 10.2 Å².